The average molecular weight is 459 g/mol. The smallest absolute Gasteiger partial charge is 0.233 e. The molecular formula is C23H34N6O2S. The summed E-state index contributed by atoms with van der Waals surface area (Å²) in [6.45, 7) is 7.62. The van der Waals surface area contributed by atoms with Gasteiger partial charge in [-0.1, -0.05) is 18.7 Å². The Balaban J connectivity index is 1.55. The minimum Gasteiger partial charge on any atom is -0.494 e. The number of hydrazine groups is 1. The molecule has 3 aliphatic rings. The summed E-state index contributed by atoms with van der Waals surface area (Å²) < 4.78 is 5.58. The van der Waals surface area contributed by atoms with Gasteiger partial charge in [0.2, 0.25) is 5.91 Å². The first kappa shape index (κ1) is 23.1. The Hall–Kier alpha value is -2.10. The Morgan fingerprint density at radius 3 is 2.75 bits per heavy atom. The average Bonchev–Trinajstić information content (AvgIpc) is 3.19. The maximum absolute atomic E-state index is 13.1. The number of likely N-dealkylation sites (tertiary alicyclic amines) is 1. The summed E-state index contributed by atoms with van der Waals surface area (Å²) in [6, 6.07) is 8.18. The van der Waals surface area contributed by atoms with E-state index in [2.05, 4.69) is 24.7 Å². The number of amidine groups is 2. The van der Waals surface area contributed by atoms with Crippen molar-refractivity contribution in [1.29, 1.82) is 5.41 Å². The molecule has 32 heavy (non-hydrogen) atoms. The number of rotatable bonds is 6. The van der Waals surface area contributed by atoms with E-state index in [-0.39, 0.29) is 24.0 Å². The van der Waals surface area contributed by atoms with Crippen LogP contribution in [0.15, 0.2) is 29.3 Å². The van der Waals surface area contributed by atoms with Crippen molar-refractivity contribution in [3.63, 3.8) is 0 Å². The van der Waals surface area contributed by atoms with Gasteiger partial charge in [-0.05, 0) is 63.8 Å². The van der Waals surface area contributed by atoms with Crippen molar-refractivity contribution in [2.45, 2.75) is 64.7 Å². The third-order valence-electron chi connectivity index (χ3n) is 6.48. The third-order valence-corrected chi connectivity index (χ3v) is 7.42. The van der Waals surface area contributed by atoms with E-state index in [9.17, 15) is 4.79 Å². The Bertz CT molecular complexity index is 861. The van der Waals surface area contributed by atoms with Crippen molar-refractivity contribution in [2.75, 3.05) is 23.8 Å². The van der Waals surface area contributed by atoms with Gasteiger partial charge in [-0.15, -0.1) is 0 Å². The first-order chi connectivity index (χ1) is 15.5. The van der Waals surface area contributed by atoms with Gasteiger partial charge in [0.15, 0.2) is 5.17 Å². The third kappa shape index (κ3) is 4.65. The molecule has 8 nitrogen and oxygen atoms in total. The molecule has 1 aromatic rings. The van der Waals surface area contributed by atoms with Gasteiger partial charge < -0.3 is 9.64 Å². The van der Waals surface area contributed by atoms with Crippen molar-refractivity contribution in [3.05, 3.63) is 24.3 Å². The summed E-state index contributed by atoms with van der Waals surface area (Å²) in [5, 5.41) is 9.66. The number of carbonyl (C=O) groups excluding carboxylic acids is 1. The number of nitrogens with one attached hydrogen (secondary N) is 3. The molecule has 3 heterocycles. The molecule has 2 fully saturated rings. The summed E-state index contributed by atoms with van der Waals surface area (Å²) >= 11 is 1.43. The molecule has 0 saturated carbocycles. The second-order valence-electron chi connectivity index (χ2n) is 8.54. The second kappa shape index (κ2) is 10.2. The SMILES string of the molecule is CCOc1ccc(N2C(=N)C3C(C)NNC3N=C2SCC(=O)N2CCCCC2CC)cc1. The molecule has 0 radical (unpaired) electrons. The minimum absolute atomic E-state index is 0.0758. The van der Waals surface area contributed by atoms with E-state index in [1.807, 2.05) is 41.0 Å². The summed E-state index contributed by atoms with van der Waals surface area (Å²) in [7, 11) is 0. The summed E-state index contributed by atoms with van der Waals surface area (Å²) in [6.07, 6.45) is 4.16. The maximum Gasteiger partial charge on any atom is 0.233 e. The largest absolute Gasteiger partial charge is 0.494 e. The van der Waals surface area contributed by atoms with Crippen LogP contribution in [0.2, 0.25) is 0 Å². The number of ether oxygens (including phenoxy) is 1. The fourth-order valence-corrected chi connectivity index (χ4v) is 5.71. The molecule has 0 aliphatic carbocycles. The zero-order valence-electron chi connectivity index (χ0n) is 19.1. The van der Waals surface area contributed by atoms with Gasteiger partial charge in [-0.3, -0.25) is 20.5 Å². The van der Waals surface area contributed by atoms with E-state index in [1.165, 1.54) is 18.2 Å². The van der Waals surface area contributed by atoms with Crippen LogP contribution in [0.25, 0.3) is 0 Å². The highest BCUT2D eigenvalue weighted by Gasteiger charge is 2.44. The van der Waals surface area contributed by atoms with Crippen molar-refractivity contribution in [3.8, 4) is 5.75 Å². The molecule has 1 amide bonds. The van der Waals surface area contributed by atoms with E-state index < -0.39 is 0 Å². The number of thioether (sulfide) groups is 1. The molecule has 0 aromatic heterocycles. The lowest BCUT2D eigenvalue weighted by atomic mass is 9.97. The van der Waals surface area contributed by atoms with Crippen LogP contribution < -0.4 is 20.5 Å². The standard InChI is InChI=1S/C23H34N6O2S/c1-4-16-8-6-7-13-28(16)19(30)14-32-23-25-22-20(15(3)26-27-22)21(24)29(23)17-9-11-18(12-10-17)31-5-2/h9-12,15-16,20,22,24,26-27H,4-8,13-14H2,1-3H3. The van der Waals surface area contributed by atoms with Crippen LogP contribution in [-0.2, 0) is 4.79 Å². The number of piperidine rings is 1. The van der Waals surface area contributed by atoms with Gasteiger partial charge in [0.25, 0.3) is 0 Å². The van der Waals surface area contributed by atoms with Crippen molar-refractivity contribution >= 4 is 34.4 Å². The number of amides is 1. The molecule has 4 rings (SSSR count). The molecule has 0 spiro atoms. The zero-order chi connectivity index (χ0) is 22.7. The first-order valence-electron chi connectivity index (χ1n) is 11.7. The highest BCUT2D eigenvalue weighted by atomic mass is 32.2. The van der Waals surface area contributed by atoms with Crippen molar-refractivity contribution in [2.24, 2.45) is 10.9 Å². The monoisotopic (exact) mass is 458 g/mol. The van der Waals surface area contributed by atoms with Crippen LogP contribution in [0.3, 0.4) is 0 Å². The molecule has 0 bridgehead atoms. The number of anilines is 1. The molecule has 2 saturated heterocycles. The number of aliphatic imine (C=N–C) groups is 1. The second-order valence-corrected chi connectivity index (χ2v) is 9.48. The Labute approximate surface area is 194 Å². The van der Waals surface area contributed by atoms with Crippen LogP contribution in [-0.4, -0.2) is 59.0 Å². The molecule has 1 aromatic carbocycles. The fraction of sp³-hybridized carbons (Fsp3) is 0.609. The molecule has 3 N–H and O–H groups in total. The van der Waals surface area contributed by atoms with E-state index in [1.54, 1.807) is 0 Å². The lowest BCUT2D eigenvalue weighted by Gasteiger charge is -2.37. The van der Waals surface area contributed by atoms with Crippen LogP contribution in [0.4, 0.5) is 5.69 Å². The number of benzene rings is 1. The van der Waals surface area contributed by atoms with Crippen LogP contribution >= 0.6 is 11.8 Å². The number of hydrogen-bond acceptors (Lipinski definition) is 7. The van der Waals surface area contributed by atoms with Gasteiger partial charge in [0.05, 0.1) is 18.3 Å². The number of fused-ring (bicyclic) bond motifs is 1. The lowest BCUT2D eigenvalue weighted by molar-refractivity contribution is -0.132. The molecule has 174 valence electrons. The van der Waals surface area contributed by atoms with E-state index in [0.717, 1.165) is 37.2 Å². The molecule has 4 atom stereocenters. The topological polar surface area (TPSA) is 93.0 Å². The normalized spacial score (nSPS) is 27.8. The van der Waals surface area contributed by atoms with Gasteiger partial charge in [-0.25, -0.2) is 10.4 Å². The fourth-order valence-electron chi connectivity index (χ4n) is 4.77. The van der Waals surface area contributed by atoms with Gasteiger partial charge in [0.1, 0.15) is 17.8 Å². The van der Waals surface area contributed by atoms with Gasteiger partial charge in [-0.2, -0.15) is 0 Å². The number of carbonyl (C=O) groups is 1. The predicted octanol–water partition coefficient (Wildman–Crippen LogP) is 3.20. The number of nitrogens with zero attached hydrogens (tertiary/aromatic N) is 3. The summed E-state index contributed by atoms with van der Waals surface area (Å²) in [5.74, 6) is 1.70. The summed E-state index contributed by atoms with van der Waals surface area (Å²) in [4.78, 5) is 21.9. The van der Waals surface area contributed by atoms with E-state index in [0.29, 0.717) is 29.4 Å². The van der Waals surface area contributed by atoms with E-state index in [4.69, 9.17) is 15.1 Å². The Morgan fingerprint density at radius 2 is 2.03 bits per heavy atom. The van der Waals surface area contributed by atoms with Crippen molar-refractivity contribution < 1.29 is 9.53 Å². The highest BCUT2D eigenvalue weighted by Crippen LogP contribution is 2.33. The van der Waals surface area contributed by atoms with Crippen LogP contribution in [0, 0.1) is 11.3 Å². The highest BCUT2D eigenvalue weighted by molar-refractivity contribution is 8.14. The molecular weight excluding hydrogens is 424 g/mol. The first-order valence-corrected chi connectivity index (χ1v) is 12.6. The minimum atomic E-state index is -0.201. The van der Waals surface area contributed by atoms with Crippen molar-refractivity contribution in [1.82, 2.24) is 15.8 Å². The quantitative estimate of drug-likeness (QED) is 0.606. The maximum atomic E-state index is 13.1. The molecule has 3 aliphatic heterocycles. The van der Waals surface area contributed by atoms with E-state index >= 15 is 0 Å². The Morgan fingerprint density at radius 1 is 1.25 bits per heavy atom. The lowest BCUT2D eigenvalue weighted by Crippen LogP contribution is -2.50. The Kier molecular flexibility index (Phi) is 7.37. The van der Waals surface area contributed by atoms with Gasteiger partial charge >= 0.3 is 0 Å². The van der Waals surface area contributed by atoms with Crippen LogP contribution in [0.5, 0.6) is 5.75 Å². The zero-order valence-corrected chi connectivity index (χ0v) is 20.0. The summed E-state index contributed by atoms with van der Waals surface area (Å²) in [5.41, 5.74) is 7.27. The molecule has 4 unspecified atom stereocenters. The van der Waals surface area contributed by atoms with Gasteiger partial charge in [0, 0.05) is 24.3 Å². The number of hydrogen-bond donors (Lipinski definition) is 3. The van der Waals surface area contributed by atoms with Crippen LogP contribution in [0.1, 0.15) is 46.5 Å². The molecule has 9 heteroatoms. The predicted molar refractivity (Wildman–Crippen MR) is 130 cm³/mol.